The number of rotatable bonds is 5. The normalized spacial score (nSPS) is 16.6. The molecule has 0 aliphatic heterocycles. The Kier molecular flexibility index (Phi) is 3.74. The van der Waals surface area contributed by atoms with Gasteiger partial charge in [0.1, 0.15) is 0 Å². The standard InChI is InChI=1S/C13H19N3O/c1-16(12(8-14)11-4-5-11)13(17)7-10-3-2-6-15-9-10/h2-3,6,9,11-12H,4-5,7-8,14H2,1H3. The summed E-state index contributed by atoms with van der Waals surface area (Å²) in [5.74, 6) is 0.739. The third-order valence-electron chi connectivity index (χ3n) is 3.38. The quantitative estimate of drug-likeness (QED) is 0.819. The molecule has 0 spiro atoms. The van der Waals surface area contributed by atoms with Crippen LogP contribution in [0.2, 0.25) is 0 Å². The van der Waals surface area contributed by atoms with E-state index in [-0.39, 0.29) is 11.9 Å². The number of nitrogens with two attached hydrogens (primary N) is 1. The molecule has 2 rings (SSSR count). The van der Waals surface area contributed by atoms with Crippen LogP contribution in [-0.2, 0) is 11.2 Å². The van der Waals surface area contributed by atoms with Crippen LogP contribution in [0.4, 0.5) is 0 Å². The molecule has 0 aromatic carbocycles. The van der Waals surface area contributed by atoms with Crippen LogP contribution in [0.5, 0.6) is 0 Å². The molecule has 1 aromatic heterocycles. The zero-order valence-corrected chi connectivity index (χ0v) is 10.2. The highest BCUT2D eigenvalue weighted by Gasteiger charge is 2.34. The van der Waals surface area contributed by atoms with Gasteiger partial charge in [0.25, 0.3) is 0 Å². The molecule has 1 aromatic rings. The van der Waals surface area contributed by atoms with Gasteiger partial charge in [-0.3, -0.25) is 9.78 Å². The number of hydrogen-bond acceptors (Lipinski definition) is 3. The Morgan fingerprint density at radius 3 is 2.94 bits per heavy atom. The zero-order chi connectivity index (χ0) is 12.3. The summed E-state index contributed by atoms with van der Waals surface area (Å²) in [6.07, 6.45) is 6.26. The molecule has 1 amide bonds. The summed E-state index contributed by atoms with van der Waals surface area (Å²) in [6, 6.07) is 3.98. The average Bonchev–Trinajstić information content (AvgIpc) is 3.15. The van der Waals surface area contributed by atoms with E-state index in [2.05, 4.69) is 4.98 Å². The Balaban J connectivity index is 1.95. The van der Waals surface area contributed by atoms with E-state index in [1.165, 1.54) is 12.8 Å². The van der Waals surface area contributed by atoms with Crippen LogP contribution in [0.1, 0.15) is 18.4 Å². The molecule has 1 aliphatic rings. The second-order valence-electron chi connectivity index (χ2n) is 4.68. The largest absolute Gasteiger partial charge is 0.341 e. The molecular formula is C13H19N3O. The van der Waals surface area contributed by atoms with Crippen LogP contribution in [0.25, 0.3) is 0 Å². The Morgan fingerprint density at radius 2 is 2.41 bits per heavy atom. The highest BCUT2D eigenvalue weighted by Crippen LogP contribution is 2.34. The summed E-state index contributed by atoms with van der Waals surface area (Å²) in [6.45, 7) is 0.556. The van der Waals surface area contributed by atoms with Crippen LogP contribution >= 0.6 is 0 Å². The molecular weight excluding hydrogens is 214 g/mol. The number of amides is 1. The second kappa shape index (κ2) is 5.27. The van der Waals surface area contributed by atoms with Crippen LogP contribution in [0.15, 0.2) is 24.5 Å². The van der Waals surface area contributed by atoms with Crippen LogP contribution in [0, 0.1) is 5.92 Å². The fraction of sp³-hybridized carbons (Fsp3) is 0.538. The zero-order valence-electron chi connectivity index (χ0n) is 10.2. The van der Waals surface area contributed by atoms with Crippen molar-refractivity contribution in [2.75, 3.05) is 13.6 Å². The maximum atomic E-state index is 12.1. The van der Waals surface area contributed by atoms with E-state index < -0.39 is 0 Å². The lowest BCUT2D eigenvalue weighted by Crippen LogP contribution is -2.43. The van der Waals surface area contributed by atoms with Crippen molar-refractivity contribution in [3.63, 3.8) is 0 Å². The third-order valence-corrected chi connectivity index (χ3v) is 3.38. The molecule has 1 heterocycles. The van der Waals surface area contributed by atoms with Gasteiger partial charge < -0.3 is 10.6 Å². The first-order valence-corrected chi connectivity index (χ1v) is 6.07. The minimum atomic E-state index is 0.125. The molecule has 0 saturated heterocycles. The van der Waals surface area contributed by atoms with E-state index in [0.717, 1.165) is 5.56 Å². The summed E-state index contributed by atoms with van der Waals surface area (Å²) in [5, 5.41) is 0. The van der Waals surface area contributed by atoms with Gasteiger partial charge in [0.05, 0.1) is 6.42 Å². The van der Waals surface area contributed by atoms with Crippen molar-refractivity contribution in [2.45, 2.75) is 25.3 Å². The number of pyridine rings is 1. The molecule has 2 N–H and O–H groups in total. The molecule has 4 nitrogen and oxygen atoms in total. The van der Waals surface area contributed by atoms with Gasteiger partial charge in [-0.25, -0.2) is 0 Å². The third kappa shape index (κ3) is 3.03. The summed E-state index contributed by atoms with van der Waals surface area (Å²) >= 11 is 0. The van der Waals surface area contributed by atoms with E-state index >= 15 is 0 Å². The minimum Gasteiger partial charge on any atom is -0.341 e. The first-order chi connectivity index (χ1) is 8.22. The molecule has 1 saturated carbocycles. The lowest BCUT2D eigenvalue weighted by atomic mass is 10.1. The van der Waals surface area contributed by atoms with Crippen LogP contribution in [0.3, 0.4) is 0 Å². The molecule has 1 aliphatic carbocycles. The van der Waals surface area contributed by atoms with Crippen molar-refractivity contribution < 1.29 is 4.79 Å². The second-order valence-corrected chi connectivity index (χ2v) is 4.68. The molecule has 0 bridgehead atoms. The summed E-state index contributed by atoms with van der Waals surface area (Å²) < 4.78 is 0. The number of hydrogen-bond donors (Lipinski definition) is 1. The summed E-state index contributed by atoms with van der Waals surface area (Å²) in [4.78, 5) is 17.9. The van der Waals surface area contributed by atoms with Crippen LogP contribution in [-0.4, -0.2) is 35.4 Å². The van der Waals surface area contributed by atoms with Crippen molar-refractivity contribution in [3.8, 4) is 0 Å². The number of nitrogens with zero attached hydrogens (tertiary/aromatic N) is 2. The lowest BCUT2D eigenvalue weighted by Gasteiger charge is -2.27. The Bertz CT molecular complexity index is 376. The summed E-state index contributed by atoms with van der Waals surface area (Å²) in [7, 11) is 1.86. The van der Waals surface area contributed by atoms with Gasteiger partial charge in [-0.1, -0.05) is 6.07 Å². The van der Waals surface area contributed by atoms with Crippen molar-refractivity contribution in [1.29, 1.82) is 0 Å². The van der Waals surface area contributed by atoms with Crippen molar-refractivity contribution >= 4 is 5.91 Å². The predicted octanol–water partition coefficient (Wildman–Crippen LogP) is 0.820. The first-order valence-electron chi connectivity index (χ1n) is 6.07. The minimum absolute atomic E-state index is 0.125. The van der Waals surface area contributed by atoms with Gasteiger partial charge in [0.2, 0.25) is 5.91 Å². The van der Waals surface area contributed by atoms with Gasteiger partial charge >= 0.3 is 0 Å². The van der Waals surface area contributed by atoms with Gasteiger partial charge in [0.15, 0.2) is 0 Å². The lowest BCUT2D eigenvalue weighted by molar-refractivity contribution is -0.131. The fourth-order valence-electron chi connectivity index (χ4n) is 2.13. The molecule has 1 fully saturated rings. The van der Waals surface area contributed by atoms with Gasteiger partial charge in [-0.15, -0.1) is 0 Å². The molecule has 17 heavy (non-hydrogen) atoms. The van der Waals surface area contributed by atoms with Gasteiger partial charge in [0, 0.05) is 32.0 Å². The number of carbonyl (C=O) groups is 1. The molecule has 1 unspecified atom stereocenters. The number of carbonyl (C=O) groups excluding carboxylic acids is 1. The maximum absolute atomic E-state index is 12.1. The fourth-order valence-corrected chi connectivity index (χ4v) is 2.13. The number of aromatic nitrogens is 1. The average molecular weight is 233 g/mol. The Hall–Kier alpha value is -1.42. The smallest absolute Gasteiger partial charge is 0.227 e. The van der Waals surface area contributed by atoms with Crippen molar-refractivity contribution in [3.05, 3.63) is 30.1 Å². The SMILES string of the molecule is CN(C(=O)Cc1cccnc1)C(CN)C1CC1. The van der Waals surface area contributed by atoms with Crippen molar-refractivity contribution in [1.82, 2.24) is 9.88 Å². The Labute approximate surface area is 102 Å². The maximum Gasteiger partial charge on any atom is 0.227 e. The Morgan fingerprint density at radius 1 is 1.65 bits per heavy atom. The first kappa shape index (κ1) is 12.0. The van der Waals surface area contributed by atoms with Gasteiger partial charge in [-0.2, -0.15) is 0 Å². The topological polar surface area (TPSA) is 59.2 Å². The molecule has 1 atom stereocenters. The predicted molar refractivity (Wildman–Crippen MR) is 66.3 cm³/mol. The van der Waals surface area contributed by atoms with Crippen LogP contribution < -0.4 is 5.73 Å². The highest BCUT2D eigenvalue weighted by atomic mass is 16.2. The molecule has 0 radical (unpaired) electrons. The van der Waals surface area contributed by atoms with E-state index in [9.17, 15) is 4.79 Å². The monoisotopic (exact) mass is 233 g/mol. The molecule has 92 valence electrons. The molecule has 4 heteroatoms. The van der Waals surface area contributed by atoms with E-state index in [0.29, 0.717) is 18.9 Å². The van der Waals surface area contributed by atoms with E-state index in [1.54, 1.807) is 12.4 Å². The van der Waals surface area contributed by atoms with E-state index in [4.69, 9.17) is 5.73 Å². The van der Waals surface area contributed by atoms with E-state index in [1.807, 2.05) is 24.1 Å². The van der Waals surface area contributed by atoms with Gasteiger partial charge in [-0.05, 0) is 30.4 Å². The van der Waals surface area contributed by atoms with Crippen molar-refractivity contribution in [2.24, 2.45) is 11.7 Å². The highest BCUT2D eigenvalue weighted by molar-refractivity contribution is 5.78. The number of likely N-dealkylation sites (N-methyl/N-ethyl adjacent to an activating group) is 1. The summed E-state index contributed by atoms with van der Waals surface area (Å²) in [5.41, 5.74) is 6.69.